The Bertz CT molecular complexity index is 755. The first-order chi connectivity index (χ1) is 12.8. The van der Waals surface area contributed by atoms with Gasteiger partial charge in [-0.15, -0.1) is 11.3 Å². The highest BCUT2D eigenvalue weighted by Crippen LogP contribution is 2.20. The van der Waals surface area contributed by atoms with Crippen LogP contribution in [-0.2, 0) is 13.1 Å². The van der Waals surface area contributed by atoms with E-state index < -0.39 is 12.8 Å². The summed E-state index contributed by atoms with van der Waals surface area (Å²) in [5.74, 6) is 0.788. The molecule has 2 N–H and O–H groups in total. The lowest BCUT2D eigenvalue weighted by Gasteiger charge is -2.11. The number of halogens is 3. The Balaban J connectivity index is 1.97. The van der Waals surface area contributed by atoms with Crippen molar-refractivity contribution in [3.63, 3.8) is 0 Å². The third-order valence-corrected chi connectivity index (χ3v) is 4.62. The molecule has 5 nitrogen and oxygen atoms in total. The number of nitrogens with zero attached hydrogens (tertiary/aromatic N) is 2. The second-order valence-electron chi connectivity index (χ2n) is 5.85. The van der Waals surface area contributed by atoms with Crippen molar-refractivity contribution in [2.45, 2.75) is 40.0 Å². The number of nitrogens with one attached hydrogen (secondary N) is 2. The molecule has 1 aromatic heterocycles. The van der Waals surface area contributed by atoms with Gasteiger partial charge in [-0.2, -0.15) is 13.2 Å². The molecule has 0 atom stereocenters. The summed E-state index contributed by atoms with van der Waals surface area (Å²) in [7, 11) is 0. The number of benzene rings is 1. The Hall–Kier alpha value is -2.29. The van der Waals surface area contributed by atoms with Gasteiger partial charge < -0.3 is 15.4 Å². The van der Waals surface area contributed by atoms with Gasteiger partial charge in [0, 0.05) is 11.4 Å². The third-order valence-electron chi connectivity index (χ3n) is 3.54. The molecule has 0 bridgehead atoms. The van der Waals surface area contributed by atoms with Gasteiger partial charge in [0.15, 0.2) is 12.6 Å². The zero-order valence-electron chi connectivity index (χ0n) is 15.5. The fourth-order valence-corrected chi connectivity index (χ4v) is 3.06. The predicted molar refractivity (Wildman–Crippen MR) is 101 cm³/mol. The molecule has 0 fully saturated rings. The summed E-state index contributed by atoms with van der Waals surface area (Å²) in [5.41, 5.74) is 1.78. The van der Waals surface area contributed by atoms with Crippen LogP contribution in [0, 0.1) is 13.8 Å². The van der Waals surface area contributed by atoms with E-state index in [1.54, 1.807) is 29.5 Å². The molecule has 148 valence electrons. The molecule has 0 aliphatic heterocycles. The van der Waals surface area contributed by atoms with Crippen LogP contribution in [0.1, 0.15) is 28.1 Å². The van der Waals surface area contributed by atoms with Crippen LogP contribution >= 0.6 is 11.3 Å². The summed E-state index contributed by atoms with van der Waals surface area (Å²) in [6.07, 6.45) is -4.36. The van der Waals surface area contributed by atoms with Gasteiger partial charge in [-0.3, -0.25) is 0 Å². The largest absolute Gasteiger partial charge is 0.484 e. The van der Waals surface area contributed by atoms with Gasteiger partial charge in [0.2, 0.25) is 0 Å². The topological polar surface area (TPSA) is 58.5 Å². The molecule has 0 amide bonds. The van der Waals surface area contributed by atoms with E-state index >= 15 is 0 Å². The highest BCUT2D eigenvalue weighted by Gasteiger charge is 2.28. The van der Waals surface area contributed by atoms with Crippen molar-refractivity contribution in [2.75, 3.05) is 13.2 Å². The molecule has 0 saturated heterocycles. The zero-order valence-corrected chi connectivity index (χ0v) is 16.3. The predicted octanol–water partition coefficient (Wildman–Crippen LogP) is 3.96. The van der Waals surface area contributed by atoms with Crippen molar-refractivity contribution in [2.24, 2.45) is 4.99 Å². The maximum atomic E-state index is 12.3. The minimum atomic E-state index is -4.36. The van der Waals surface area contributed by atoms with Crippen LogP contribution in [-0.4, -0.2) is 30.3 Å². The highest BCUT2D eigenvalue weighted by atomic mass is 32.1. The lowest BCUT2D eigenvalue weighted by Crippen LogP contribution is -2.36. The number of alkyl halides is 3. The Labute approximate surface area is 160 Å². The number of ether oxygens (including phenoxy) is 1. The number of aliphatic imine (C=N–C) groups is 1. The van der Waals surface area contributed by atoms with Crippen LogP contribution in [0.15, 0.2) is 29.3 Å². The first-order valence-corrected chi connectivity index (χ1v) is 9.32. The minimum absolute atomic E-state index is 0.173. The molecule has 0 unspecified atom stereocenters. The Morgan fingerprint density at radius 3 is 2.67 bits per heavy atom. The number of rotatable bonds is 7. The lowest BCUT2D eigenvalue weighted by molar-refractivity contribution is -0.153. The summed E-state index contributed by atoms with van der Waals surface area (Å²) in [6, 6.07) is 6.50. The van der Waals surface area contributed by atoms with Crippen molar-refractivity contribution in [3.8, 4) is 5.75 Å². The van der Waals surface area contributed by atoms with Crippen LogP contribution in [0.5, 0.6) is 5.75 Å². The average Bonchev–Trinajstić information content (AvgIpc) is 2.93. The van der Waals surface area contributed by atoms with Gasteiger partial charge in [-0.1, -0.05) is 12.1 Å². The quantitative estimate of drug-likeness (QED) is 0.546. The molecule has 1 aromatic carbocycles. The van der Waals surface area contributed by atoms with Crippen molar-refractivity contribution in [1.29, 1.82) is 0 Å². The molecule has 0 aliphatic rings. The molecule has 9 heteroatoms. The zero-order chi connectivity index (χ0) is 19.9. The third kappa shape index (κ3) is 7.46. The standard InChI is InChI=1S/C18H23F3N4OS/c1-4-22-17(24-10-16-25-12(2)13(3)27-16)23-9-14-6-5-7-15(8-14)26-11-18(19,20)21/h5-8H,4,9-11H2,1-3H3,(H2,22,23,24). The van der Waals surface area contributed by atoms with Crippen molar-refractivity contribution in [1.82, 2.24) is 15.6 Å². The van der Waals surface area contributed by atoms with E-state index in [9.17, 15) is 13.2 Å². The van der Waals surface area contributed by atoms with Crippen LogP contribution in [0.2, 0.25) is 0 Å². The molecule has 2 aromatic rings. The number of hydrogen-bond acceptors (Lipinski definition) is 4. The van der Waals surface area contributed by atoms with Crippen LogP contribution < -0.4 is 15.4 Å². The summed E-state index contributed by atoms with van der Waals surface area (Å²) in [5, 5.41) is 7.32. The Morgan fingerprint density at radius 2 is 2.04 bits per heavy atom. The van der Waals surface area contributed by atoms with Crippen molar-refractivity contribution < 1.29 is 17.9 Å². The highest BCUT2D eigenvalue weighted by molar-refractivity contribution is 7.11. The fourth-order valence-electron chi connectivity index (χ4n) is 2.18. The van der Waals surface area contributed by atoms with Gasteiger partial charge in [0.05, 0.1) is 18.8 Å². The van der Waals surface area contributed by atoms with Gasteiger partial charge in [0.25, 0.3) is 0 Å². The van der Waals surface area contributed by atoms with E-state index in [2.05, 4.69) is 20.6 Å². The summed E-state index contributed by atoms with van der Waals surface area (Å²) in [6.45, 7) is 6.22. The minimum Gasteiger partial charge on any atom is -0.484 e. The summed E-state index contributed by atoms with van der Waals surface area (Å²) >= 11 is 1.63. The molecule has 2 rings (SSSR count). The molecule has 0 radical (unpaired) electrons. The van der Waals surface area contributed by atoms with Gasteiger partial charge in [0.1, 0.15) is 10.8 Å². The number of aryl methyl sites for hydroxylation is 2. The Morgan fingerprint density at radius 1 is 1.26 bits per heavy atom. The van der Waals surface area contributed by atoms with E-state index in [4.69, 9.17) is 4.74 Å². The smallest absolute Gasteiger partial charge is 0.422 e. The maximum Gasteiger partial charge on any atom is 0.422 e. The maximum absolute atomic E-state index is 12.3. The van der Waals surface area contributed by atoms with E-state index in [1.807, 2.05) is 20.8 Å². The normalized spacial score (nSPS) is 12.1. The van der Waals surface area contributed by atoms with E-state index in [1.165, 1.54) is 10.9 Å². The molecule has 0 saturated carbocycles. The number of thiazole rings is 1. The van der Waals surface area contributed by atoms with E-state index in [0.29, 0.717) is 25.6 Å². The van der Waals surface area contributed by atoms with Crippen molar-refractivity contribution >= 4 is 17.3 Å². The monoisotopic (exact) mass is 400 g/mol. The van der Waals surface area contributed by atoms with Gasteiger partial charge in [-0.25, -0.2) is 9.98 Å². The Kier molecular flexibility index (Phi) is 7.46. The summed E-state index contributed by atoms with van der Waals surface area (Å²) < 4.78 is 41.6. The molecule has 0 spiro atoms. The van der Waals surface area contributed by atoms with Crippen molar-refractivity contribution in [3.05, 3.63) is 45.4 Å². The van der Waals surface area contributed by atoms with Crippen LogP contribution in [0.4, 0.5) is 13.2 Å². The molecule has 1 heterocycles. The molecular formula is C18H23F3N4OS. The van der Waals surface area contributed by atoms with Gasteiger partial charge >= 0.3 is 6.18 Å². The first kappa shape index (κ1) is 21.0. The van der Waals surface area contributed by atoms with E-state index in [0.717, 1.165) is 16.3 Å². The second-order valence-corrected chi connectivity index (χ2v) is 7.14. The molecule has 0 aliphatic carbocycles. The number of aromatic nitrogens is 1. The average molecular weight is 400 g/mol. The van der Waals surface area contributed by atoms with Gasteiger partial charge in [-0.05, 0) is 38.5 Å². The SMILES string of the molecule is CCNC(=NCc1cccc(OCC(F)(F)F)c1)NCc1nc(C)c(C)s1. The van der Waals surface area contributed by atoms with E-state index in [-0.39, 0.29) is 5.75 Å². The van der Waals surface area contributed by atoms with Crippen LogP contribution in [0.25, 0.3) is 0 Å². The number of hydrogen-bond donors (Lipinski definition) is 2. The molecular weight excluding hydrogens is 377 g/mol. The van der Waals surface area contributed by atoms with Crippen LogP contribution in [0.3, 0.4) is 0 Å². The first-order valence-electron chi connectivity index (χ1n) is 8.50. The summed E-state index contributed by atoms with van der Waals surface area (Å²) in [4.78, 5) is 10.1. The number of guanidine groups is 1. The molecule has 27 heavy (non-hydrogen) atoms. The second kappa shape index (κ2) is 9.59. The fraction of sp³-hybridized carbons (Fsp3) is 0.444. The lowest BCUT2D eigenvalue weighted by atomic mass is 10.2.